The number of anilines is 1. The van der Waals surface area contributed by atoms with Crippen LogP contribution >= 0.6 is 0 Å². The standard InChI is InChI=1S/C14H20N4O/c1-4-11(10-8-6-5-7-9-10)16-13-18-17-12(19-13)14(2,3)15/h5-9,11H,4,15H2,1-3H3,(H,16,18)/t11-/m0/s1. The molecule has 0 amide bonds. The lowest BCUT2D eigenvalue weighted by molar-refractivity contribution is 0.382. The second-order valence-electron chi connectivity index (χ2n) is 5.15. The average Bonchev–Trinajstić information content (AvgIpc) is 2.85. The Kier molecular flexibility index (Phi) is 3.85. The van der Waals surface area contributed by atoms with Crippen molar-refractivity contribution in [2.75, 3.05) is 5.32 Å². The van der Waals surface area contributed by atoms with Gasteiger partial charge in [-0.2, -0.15) is 0 Å². The fraction of sp³-hybridized carbons (Fsp3) is 0.429. The molecule has 0 fully saturated rings. The van der Waals surface area contributed by atoms with Gasteiger partial charge in [-0.15, -0.1) is 5.10 Å². The third kappa shape index (κ3) is 3.32. The maximum Gasteiger partial charge on any atom is 0.316 e. The zero-order valence-electron chi connectivity index (χ0n) is 11.6. The largest absolute Gasteiger partial charge is 0.406 e. The van der Waals surface area contributed by atoms with Crippen LogP contribution in [0.4, 0.5) is 6.01 Å². The number of nitrogens with two attached hydrogens (primary N) is 1. The predicted octanol–water partition coefficient (Wildman–Crippen LogP) is 2.83. The minimum atomic E-state index is -0.624. The van der Waals surface area contributed by atoms with Crippen LogP contribution in [0.15, 0.2) is 34.7 Å². The first kappa shape index (κ1) is 13.5. The molecule has 0 spiro atoms. The van der Waals surface area contributed by atoms with Gasteiger partial charge in [-0.25, -0.2) is 0 Å². The van der Waals surface area contributed by atoms with Gasteiger partial charge < -0.3 is 15.5 Å². The molecule has 5 nitrogen and oxygen atoms in total. The highest BCUT2D eigenvalue weighted by molar-refractivity contribution is 5.29. The summed E-state index contributed by atoms with van der Waals surface area (Å²) in [5, 5.41) is 11.2. The molecule has 1 aromatic carbocycles. The van der Waals surface area contributed by atoms with Crippen molar-refractivity contribution in [1.82, 2.24) is 10.2 Å². The van der Waals surface area contributed by atoms with Crippen LogP contribution in [-0.2, 0) is 5.54 Å². The third-order valence-electron chi connectivity index (χ3n) is 2.88. The molecule has 2 rings (SSSR count). The molecule has 0 saturated heterocycles. The van der Waals surface area contributed by atoms with Crippen molar-refractivity contribution in [2.45, 2.75) is 38.8 Å². The minimum Gasteiger partial charge on any atom is -0.406 e. The lowest BCUT2D eigenvalue weighted by atomic mass is 10.1. The molecule has 2 aromatic rings. The van der Waals surface area contributed by atoms with Gasteiger partial charge in [-0.05, 0) is 25.8 Å². The van der Waals surface area contributed by atoms with E-state index in [1.54, 1.807) is 0 Å². The lowest BCUT2D eigenvalue weighted by Gasteiger charge is -2.16. The van der Waals surface area contributed by atoms with E-state index in [-0.39, 0.29) is 6.04 Å². The van der Waals surface area contributed by atoms with Gasteiger partial charge in [0, 0.05) is 0 Å². The van der Waals surface area contributed by atoms with E-state index in [1.807, 2.05) is 32.0 Å². The molecule has 1 atom stereocenters. The van der Waals surface area contributed by atoms with Gasteiger partial charge in [0.25, 0.3) is 0 Å². The molecule has 5 heteroatoms. The van der Waals surface area contributed by atoms with Crippen LogP contribution in [0.3, 0.4) is 0 Å². The lowest BCUT2D eigenvalue weighted by Crippen LogP contribution is -2.29. The van der Waals surface area contributed by atoms with Gasteiger partial charge >= 0.3 is 6.01 Å². The highest BCUT2D eigenvalue weighted by atomic mass is 16.4. The van der Waals surface area contributed by atoms with Crippen LogP contribution in [0.5, 0.6) is 0 Å². The molecule has 0 aliphatic heterocycles. The average molecular weight is 260 g/mol. The Morgan fingerprint density at radius 2 is 1.95 bits per heavy atom. The van der Waals surface area contributed by atoms with Crippen molar-refractivity contribution in [2.24, 2.45) is 5.73 Å². The van der Waals surface area contributed by atoms with E-state index in [0.717, 1.165) is 6.42 Å². The maximum atomic E-state index is 5.92. The van der Waals surface area contributed by atoms with Crippen LogP contribution in [0.2, 0.25) is 0 Å². The Bertz CT molecular complexity index is 516. The van der Waals surface area contributed by atoms with Gasteiger partial charge in [0.1, 0.15) is 0 Å². The van der Waals surface area contributed by atoms with Gasteiger partial charge in [-0.1, -0.05) is 42.4 Å². The Hall–Kier alpha value is -1.88. The summed E-state index contributed by atoms with van der Waals surface area (Å²) in [7, 11) is 0. The topological polar surface area (TPSA) is 77.0 Å². The van der Waals surface area contributed by atoms with E-state index in [9.17, 15) is 0 Å². The smallest absolute Gasteiger partial charge is 0.316 e. The maximum absolute atomic E-state index is 5.92. The van der Waals surface area contributed by atoms with Crippen molar-refractivity contribution in [3.05, 3.63) is 41.8 Å². The summed E-state index contributed by atoms with van der Waals surface area (Å²) in [6.07, 6.45) is 0.924. The number of hydrogen-bond acceptors (Lipinski definition) is 5. The summed E-state index contributed by atoms with van der Waals surface area (Å²) in [6.45, 7) is 5.77. The number of hydrogen-bond donors (Lipinski definition) is 2. The second-order valence-corrected chi connectivity index (χ2v) is 5.15. The van der Waals surface area contributed by atoms with Gasteiger partial charge in [0.05, 0.1) is 11.6 Å². The summed E-state index contributed by atoms with van der Waals surface area (Å²) in [5.41, 5.74) is 6.49. The predicted molar refractivity (Wildman–Crippen MR) is 74.6 cm³/mol. The van der Waals surface area contributed by atoms with Crippen LogP contribution in [0, 0.1) is 0 Å². The van der Waals surface area contributed by atoms with Crippen LogP contribution in [-0.4, -0.2) is 10.2 Å². The molecule has 0 bridgehead atoms. The second kappa shape index (κ2) is 5.40. The Morgan fingerprint density at radius 3 is 2.47 bits per heavy atom. The van der Waals surface area contributed by atoms with E-state index in [4.69, 9.17) is 10.2 Å². The zero-order valence-corrected chi connectivity index (χ0v) is 11.6. The summed E-state index contributed by atoms with van der Waals surface area (Å²) in [5.74, 6) is 0.429. The van der Waals surface area contributed by atoms with Crippen molar-refractivity contribution >= 4 is 6.01 Å². The monoisotopic (exact) mass is 260 g/mol. The highest BCUT2D eigenvalue weighted by Crippen LogP contribution is 2.23. The zero-order chi connectivity index (χ0) is 13.9. The fourth-order valence-electron chi connectivity index (χ4n) is 1.80. The SMILES string of the molecule is CC[C@H](Nc1nnc(C(C)(C)N)o1)c1ccccc1. The van der Waals surface area contributed by atoms with E-state index in [0.29, 0.717) is 11.9 Å². The molecule has 0 radical (unpaired) electrons. The Balaban J connectivity index is 2.13. The Morgan fingerprint density at radius 1 is 1.26 bits per heavy atom. The van der Waals surface area contributed by atoms with Crippen LogP contribution in [0.25, 0.3) is 0 Å². The van der Waals surface area contributed by atoms with Gasteiger partial charge in [0.2, 0.25) is 5.89 Å². The first-order chi connectivity index (χ1) is 9.00. The molecule has 0 aliphatic rings. The summed E-state index contributed by atoms with van der Waals surface area (Å²) >= 11 is 0. The summed E-state index contributed by atoms with van der Waals surface area (Å²) in [4.78, 5) is 0. The highest BCUT2D eigenvalue weighted by Gasteiger charge is 2.22. The van der Waals surface area contributed by atoms with Crippen molar-refractivity contribution in [3.8, 4) is 0 Å². The van der Waals surface area contributed by atoms with Crippen LogP contribution < -0.4 is 11.1 Å². The van der Waals surface area contributed by atoms with E-state index >= 15 is 0 Å². The summed E-state index contributed by atoms with van der Waals surface area (Å²) < 4.78 is 5.54. The van der Waals surface area contributed by atoms with E-state index in [1.165, 1.54) is 5.56 Å². The molecule has 0 unspecified atom stereocenters. The molecule has 102 valence electrons. The first-order valence-corrected chi connectivity index (χ1v) is 6.45. The number of benzene rings is 1. The van der Waals surface area contributed by atoms with Crippen molar-refractivity contribution in [3.63, 3.8) is 0 Å². The summed E-state index contributed by atoms with van der Waals surface area (Å²) in [6, 6.07) is 10.7. The molecule has 1 heterocycles. The molecular formula is C14H20N4O. The number of rotatable bonds is 5. The van der Waals surface area contributed by atoms with Gasteiger partial charge in [-0.3, -0.25) is 0 Å². The fourth-order valence-corrected chi connectivity index (χ4v) is 1.80. The molecule has 0 aliphatic carbocycles. The van der Waals surface area contributed by atoms with E-state index < -0.39 is 5.54 Å². The van der Waals surface area contributed by atoms with Crippen LogP contribution in [0.1, 0.15) is 44.7 Å². The Labute approximate surface area is 113 Å². The van der Waals surface area contributed by atoms with Crippen molar-refractivity contribution in [1.29, 1.82) is 0 Å². The molecule has 1 aromatic heterocycles. The van der Waals surface area contributed by atoms with E-state index in [2.05, 4.69) is 34.6 Å². The molecule has 3 N–H and O–H groups in total. The molecular weight excluding hydrogens is 240 g/mol. The number of aromatic nitrogens is 2. The number of nitrogens with zero attached hydrogens (tertiary/aromatic N) is 2. The normalized spacial score (nSPS) is 13.3. The minimum absolute atomic E-state index is 0.149. The third-order valence-corrected chi connectivity index (χ3v) is 2.88. The quantitative estimate of drug-likeness (QED) is 0.864. The van der Waals surface area contributed by atoms with Gasteiger partial charge in [0.15, 0.2) is 0 Å². The molecule has 0 saturated carbocycles. The molecule has 19 heavy (non-hydrogen) atoms. The number of nitrogens with one attached hydrogen (secondary N) is 1. The first-order valence-electron chi connectivity index (χ1n) is 6.45. The van der Waals surface area contributed by atoms with Crippen molar-refractivity contribution < 1.29 is 4.42 Å².